The van der Waals surface area contributed by atoms with Crippen molar-refractivity contribution < 1.29 is 29.4 Å². The minimum atomic E-state index is -0.396. The Hall–Kier alpha value is -0.240. The third-order valence-electron chi connectivity index (χ3n) is 4.70. The maximum Gasteiger partial charge on any atom is 0.129 e. The van der Waals surface area contributed by atoms with Gasteiger partial charge in [-0.05, 0) is 27.7 Å². The van der Waals surface area contributed by atoms with E-state index >= 15 is 0 Å². The number of rotatable bonds is 8. The first-order valence-corrected chi connectivity index (χ1v) is 8.51. The predicted octanol–water partition coefficient (Wildman–Crippen LogP) is -0.843. The summed E-state index contributed by atoms with van der Waals surface area (Å²) in [5.41, 5.74) is 0. The van der Waals surface area contributed by atoms with Gasteiger partial charge in [-0.1, -0.05) is 0 Å². The quantitative estimate of drug-likeness (QED) is 0.440. The van der Waals surface area contributed by atoms with E-state index in [9.17, 15) is 20.4 Å². The molecule has 1 saturated heterocycles. The molecule has 1 aliphatic heterocycles. The highest BCUT2D eigenvalue weighted by atomic mass is 16.3. The number of hydrogen-bond acceptors (Lipinski definition) is 4. The van der Waals surface area contributed by atoms with Crippen LogP contribution in [0.25, 0.3) is 0 Å². The standard InChI is InChI=1S/C16H36N2O4/c1-13(19)9-17(10-14(2)20)5-7-18(8-6-17,11-15(3)21)12-16(4)22/h13-16,19-22H,5-12H2,1-4H3/q+2. The zero-order valence-corrected chi connectivity index (χ0v) is 14.6. The molecule has 1 rings (SSSR count). The highest BCUT2D eigenvalue weighted by Gasteiger charge is 2.44. The van der Waals surface area contributed by atoms with Crippen LogP contribution in [0.2, 0.25) is 0 Å². The predicted molar refractivity (Wildman–Crippen MR) is 86.2 cm³/mol. The van der Waals surface area contributed by atoms with Crippen LogP contribution < -0.4 is 0 Å². The van der Waals surface area contributed by atoms with Gasteiger partial charge in [0, 0.05) is 0 Å². The van der Waals surface area contributed by atoms with E-state index in [2.05, 4.69) is 0 Å². The molecule has 4 N–H and O–H groups in total. The number of aliphatic hydroxyl groups excluding tert-OH is 4. The summed E-state index contributed by atoms with van der Waals surface area (Å²) in [7, 11) is 0. The summed E-state index contributed by atoms with van der Waals surface area (Å²) in [6.45, 7) is 13.2. The molecular formula is C16H36N2O4+2. The van der Waals surface area contributed by atoms with Crippen LogP contribution in [0.1, 0.15) is 27.7 Å². The topological polar surface area (TPSA) is 80.9 Å². The van der Waals surface area contributed by atoms with Gasteiger partial charge in [-0.15, -0.1) is 0 Å². The second-order valence-electron chi connectivity index (χ2n) is 7.70. The first kappa shape index (κ1) is 19.8. The summed E-state index contributed by atoms with van der Waals surface area (Å²) in [4.78, 5) is 0. The lowest BCUT2D eigenvalue weighted by Gasteiger charge is -2.51. The molecule has 0 saturated carbocycles. The van der Waals surface area contributed by atoms with Crippen LogP contribution in [0.5, 0.6) is 0 Å². The van der Waals surface area contributed by atoms with Gasteiger partial charge in [0.25, 0.3) is 0 Å². The number of hydrogen-bond donors (Lipinski definition) is 4. The molecule has 0 spiro atoms. The van der Waals surface area contributed by atoms with Gasteiger partial charge in [0.15, 0.2) is 0 Å². The van der Waals surface area contributed by atoms with Gasteiger partial charge in [-0.2, -0.15) is 0 Å². The highest BCUT2D eigenvalue weighted by Crippen LogP contribution is 2.22. The van der Waals surface area contributed by atoms with E-state index in [1.807, 2.05) is 0 Å². The van der Waals surface area contributed by atoms with E-state index in [0.29, 0.717) is 26.2 Å². The van der Waals surface area contributed by atoms with Crippen LogP contribution in [0.4, 0.5) is 0 Å². The van der Waals surface area contributed by atoms with E-state index in [0.717, 1.165) is 35.1 Å². The average Bonchev–Trinajstić information content (AvgIpc) is 2.30. The van der Waals surface area contributed by atoms with Crippen molar-refractivity contribution in [2.75, 3.05) is 52.4 Å². The molecule has 0 aliphatic carbocycles. The van der Waals surface area contributed by atoms with Crippen molar-refractivity contribution in [1.82, 2.24) is 0 Å². The molecule has 4 atom stereocenters. The van der Waals surface area contributed by atoms with Gasteiger partial charge < -0.3 is 29.4 Å². The van der Waals surface area contributed by atoms with Crippen LogP contribution >= 0.6 is 0 Å². The maximum absolute atomic E-state index is 9.82. The maximum atomic E-state index is 9.82. The summed E-state index contributed by atoms with van der Waals surface area (Å²) in [5.74, 6) is 0. The van der Waals surface area contributed by atoms with Gasteiger partial charge in [0.2, 0.25) is 0 Å². The van der Waals surface area contributed by atoms with Crippen LogP contribution in [0.15, 0.2) is 0 Å². The average molecular weight is 320 g/mol. The lowest BCUT2D eigenvalue weighted by molar-refractivity contribution is -1.04. The second-order valence-corrected chi connectivity index (χ2v) is 7.70. The van der Waals surface area contributed by atoms with Crippen LogP contribution in [0, 0.1) is 0 Å². The largest absolute Gasteiger partial charge is 0.388 e. The normalized spacial score (nSPS) is 34.9. The Morgan fingerprint density at radius 3 is 0.864 bits per heavy atom. The fraction of sp³-hybridized carbons (Fsp3) is 1.00. The zero-order valence-electron chi connectivity index (χ0n) is 14.6. The fourth-order valence-corrected chi connectivity index (χ4v) is 4.19. The molecule has 0 radical (unpaired) electrons. The lowest BCUT2D eigenvalue weighted by atomic mass is 10.1. The third-order valence-corrected chi connectivity index (χ3v) is 4.70. The number of piperazine rings is 1. The van der Waals surface area contributed by atoms with Gasteiger partial charge in [0.1, 0.15) is 76.8 Å². The molecule has 0 amide bonds. The summed E-state index contributed by atoms with van der Waals surface area (Å²) < 4.78 is 1.43. The Labute approximate surface area is 134 Å². The Kier molecular flexibility index (Phi) is 7.23. The van der Waals surface area contributed by atoms with E-state index in [1.54, 1.807) is 27.7 Å². The van der Waals surface area contributed by atoms with Gasteiger partial charge in [0.05, 0.1) is 0 Å². The monoisotopic (exact) mass is 320 g/mol. The second kappa shape index (κ2) is 8.04. The summed E-state index contributed by atoms with van der Waals surface area (Å²) in [6.07, 6.45) is -1.58. The molecular weight excluding hydrogens is 284 g/mol. The first-order valence-electron chi connectivity index (χ1n) is 8.51. The minimum Gasteiger partial charge on any atom is -0.388 e. The van der Waals surface area contributed by atoms with E-state index in [4.69, 9.17) is 0 Å². The van der Waals surface area contributed by atoms with E-state index in [-0.39, 0.29) is 0 Å². The van der Waals surface area contributed by atoms with Crippen molar-refractivity contribution in [1.29, 1.82) is 0 Å². The van der Waals surface area contributed by atoms with E-state index in [1.165, 1.54) is 0 Å². The van der Waals surface area contributed by atoms with Crippen molar-refractivity contribution in [3.05, 3.63) is 0 Å². The third kappa shape index (κ3) is 6.10. The number of quaternary nitrogens is 2. The minimum absolute atomic E-state index is 0.396. The molecule has 0 aromatic carbocycles. The molecule has 132 valence electrons. The van der Waals surface area contributed by atoms with Gasteiger partial charge in [-0.3, -0.25) is 0 Å². The lowest BCUT2D eigenvalue weighted by Crippen LogP contribution is -2.71. The zero-order chi connectivity index (χ0) is 17.0. The molecule has 6 heteroatoms. The molecule has 1 aliphatic rings. The smallest absolute Gasteiger partial charge is 0.129 e. The van der Waals surface area contributed by atoms with Crippen molar-refractivity contribution in [2.45, 2.75) is 52.1 Å². The highest BCUT2D eigenvalue weighted by molar-refractivity contribution is 4.63. The Morgan fingerprint density at radius 1 is 0.545 bits per heavy atom. The molecule has 22 heavy (non-hydrogen) atoms. The molecule has 1 fully saturated rings. The molecule has 0 bridgehead atoms. The fourth-order valence-electron chi connectivity index (χ4n) is 4.19. The van der Waals surface area contributed by atoms with Crippen molar-refractivity contribution in [3.63, 3.8) is 0 Å². The SMILES string of the molecule is CC(O)C[N+]1(CC(C)O)CC[N+](CC(C)O)(CC(C)O)CC1. The Bertz CT molecular complexity index is 268. The van der Waals surface area contributed by atoms with E-state index < -0.39 is 24.4 Å². The van der Waals surface area contributed by atoms with Crippen LogP contribution in [0.3, 0.4) is 0 Å². The molecule has 4 unspecified atom stereocenters. The molecule has 6 nitrogen and oxygen atoms in total. The Balaban J connectivity index is 2.83. The van der Waals surface area contributed by atoms with Crippen molar-refractivity contribution >= 4 is 0 Å². The summed E-state index contributed by atoms with van der Waals surface area (Å²) in [5, 5.41) is 39.3. The summed E-state index contributed by atoms with van der Waals surface area (Å²) >= 11 is 0. The molecule has 1 heterocycles. The van der Waals surface area contributed by atoms with Crippen molar-refractivity contribution in [2.24, 2.45) is 0 Å². The molecule has 0 aromatic heterocycles. The number of aliphatic hydroxyl groups is 4. The van der Waals surface area contributed by atoms with Crippen LogP contribution in [-0.2, 0) is 0 Å². The molecule has 0 aromatic rings. The Morgan fingerprint density at radius 2 is 0.727 bits per heavy atom. The van der Waals surface area contributed by atoms with Gasteiger partial charge >= 0.3 is 0 Å². The van der Waals surface area contributed by atoms with Gasteiger partial charge in [-0.25, -0.2) is 0 Å². The summed E-state index contributed by atoms with van der Waals surface area (Å²) in [6, 6.07) is 0. The van der Waals surface area contributed by atoms with Crippen molar-refractivity contribution in [3.8, 4) is 0 Å². The van der Waals surface area contributed by atoms with Crippen LogP contribution in [-0.4, -0.2) is 106 Å². The number of nitrogens with zero attached hydrogens (tertiary/aromatic N) is 2. The first-order chi connectivity index (χ1) is 10.1.